The van der Waals surface area contributed by atoms with Gasteiger partial charge in [0.2, 0.25) is 0 Å². The lowest BCUT2D eigenvalue weighted by molar-refractivity contribution is -0.114. The molecule has 132 valence electrons. The van der Waals surface area contributed by atoms with Gasteiger partial charge < -0.3 is 14.7 Å². The zero-order valence-electron chi connectivity index (χ0n) is 14.3. The number of amides is 1. The number of phenolic OH excluding ortho intramolecular Hbond substituents is 1. The Balaban J connectivity index is 1.81. The first-order chi connectivity index (χ1) is 12.7. The van der Waals surface area contributed by atoms with Crippen LogP contribution < -0.4 is 9.64 Å². The predicted molar refractivity (Wildman–Crippen MR) is 106 cm³/mol. The number of nitrogens with zero attached hydrogens (tertiary/aromatic N) is 1. The first kappa shape index (κ1) is 17.8. The maximum atomic E-state index is 12.8. The number of phenols is 1. The number of benzene rings is 2. The van der Waals surface area contributed by atoms with Gasteiger partial charge in [0.05, 0.1) is 13.7 Å². The van der Waals surface area contributed by atoms with Crippen molar-refractivity contribution < 1.29 is 14.6 Å². The van der Waals surface area contributed by atoms with E-state index >= 15 is 0 Å². The molecule has 1 heterocycles. The number of hydrogen-bond donors (Lipinski definition) is 1. The SMILES string of the molecule is COc1ccc(/C=C/C(=O)N(Cc2cccs2)c2ccc(O)cc2)cc1. The Kier molecular flexibility index (Phi) is 5.71. The molecule has 5 heteroatoms. The van der Waals surface area contributed by atoms with Crippen LogP contribution in [-0.2, 0) is 11.3 Å². The summed E-state index contributed by atoms with van der Waals surface area (Å²) >= 11 is 1.60. The van der Waals surface area contributed by atoms with Gasteiger partial charge in [0.15, 0.2) is 0 Å². The van der Waals surface area contributed by atoms with E-state index in [-0.39, 0.29) is 11.7 Å². The molecule has 1 N–H and O–H groups in total. The van der Waals surface area contributed by atoms with Crippen molar-refractivity contribution in [2.75, 3.05) is 12.0 Å². The molecular weight excluding hydrogens is 346 g/mol. The van der Waals surface area contributed by atoms with E-state index in [9.17, 15) is 9.90 Å². The molecule has 0 unspecified atom stereocenters. The Morgan fingerprint density at radius 1 is 1.12 bits per heavy atom. The number of rotatable bonds is 6. The summed E-state index contributed by atoms with van der Waals surface area (Å²) in [6, 6.07) is 18.1. The summed E-state index contributed by atoms with van der Waals surface area (Å²) in [7, 11) is 1.62. The van der Waals surface area contributed by atoms with Crippen LogP contribution in [0.5, 0.6) is 11.5 Å². The highest BCUT2D eigenvalue weighted by Crippen LogP contribution is 2.23. The van der Waals surface area contributed by atoms with E-state index in [0.29, 0.717) is 6.54 Å². The van der Waals surface area contributed by atoms with Crippen LogP contribution >= 0.6 is 11.3 Å². The third-order valence-electron chi connectivity index (χ3n) is 3.86. The van der Waals surface area contributed by atoms with Crippen molar-refractivity contribution in [3.63, 3.8) is 0 Å². The first-order valence-corrected chi connectivity index (χ1v) is 8.99. The monoisotopic (exact) mass is 365 g/mol. The molecule has 0 aliphatic heterocycles. The van der Waals surface area contributed by atoms with Crippen LogP contribution in [-0.4, -0.2) is 18.1 Å². The van der Waals surface area contributed by atoms with Gasteiger partial charge >= 0.3 is 0 Å². The maximum absolute atomic E-state index is 12.8. The van der Waals surface area contributed by atoms with E-state index in [1.807, 2.05) is 41.8 Å². The molecule has 0 saturated carbocycles. The Morgan fingerprint density at radius 2 is 1.85 bits per heavy atom. The molecule has 0 atom stereocenters. The number of methoxy groups -OCH3 is 1. The van der Waals surface area contributed by atoms with Crippen LogP contribution in [0.2, 0.25) is 0 Å². The minimum atomic E-state index is -0.125. The number of hydrogen-bond acceptors (Lipinski definition) is 4. The molecule has 4 nitrogen and oxygen atoms in total. The molecule has 0 radical (unpaired) electrons. The summed E-state index contributed by atoms with van der Waals surface area (Å²) in [6.07, 6.45) is 3.34. The minimum Gasteiger partial charge on any atom is -0.508 e. The lowest BCUT2D eigenvalue weighted by atomic mass is 10.2. The van der Waals surface area contributed by atoms with Crippen molar-refractivity contribution in [2.24, 2.45) is 0 Å². The van der Waals surface area contributed by atoms with Crippen LogP contribution in [0, 0.1) is 0 Å². The van der Waals surface area contributed by atoms with E-state index in [1.165, 1.54) is 0 Å². The van der Waals surface area contributed by atoms with Gasteiger partial charge in [-0.05, 0) is 59.5 Å². The van der Waals surface area contributed by atoms with Gasteiger partial charge in [0, 0.05) is 16.6 Å². The van der Waals surface area contributed by atoms with Crippen molar-refractivity contribution in [1.82, 2.24) is 0 Å². The summed E-state index contributed by atoms with van der Waals surface area (Å²) < 4.78 is 5.14. The highest BCUT2D eigenvalue weighted by molar-refractivity contribution is 7.09. The summed E-state index contributed by atoms with van der Waals surface area (Å²) in [4.78, 5) is 15.6. The number of carbonyl (C=O) groups excluding carboxylic acids is 1. The lowest BCUT2D eigenvalue weighted by Gasteiger charge is -2.21. The molecule has 1 aromatic heterocycles. The topological polar surface area (TPSA) is 49.8 Å². The second-order valence-corrected chi connectivity index (χ2v) is 6.66. The fourth-order valence-electron chi connectivity index (χ4n) is 2.46. The molecule has 0 bridgehead atoms. The second kappa shape index (κ2) is 8.36. The van der Waals surface area contributed by atoms with Crippen molar-refractivity contribution in [3.8, 4) is 11.5 Å². The molecule has 3 aromatic rings. The average Bonchev–Trinajstić information content (AvgIpc) is 3.19. The van der Waals surface area contributed by atoms with Gasteiger partial charge in [-0.1, -0.05) is 18.2 Å². The molecular formula is C21H19NO3S. The van der Waals surface area contributed by atoms with Gasteiger partial charge in [-0.3, -0.25) is 4.79 Å². The molecule has 0 saturated heterocycles. The average molecular weight is 365 g/mol. The second-order valence-electron chi connectivity index (χ2n) is 5.63. The summed E-state index contributed by atoms with van der Waals surface area (Å²) in [5.74, 6) is 0.822. The van der Waals surface area contributed by atoms with E-state index in [4.69, 9.17) is 4.74 Å². The van der Waals surface area contributed by atoms with E-state index in [2.05, 4.69) is 0 Å². The van der Waals surface area contributed by atoms with Crippen LogP contribution in [0.25, 0.3) is 6.08 Å². The van der Waals surface area contributed by atoms with E-state index in [1.54, 1.807) is 59.8 Å². The van der Waals surface area contributed by atoms with Gasteiger partial charge in [0.1, 0.15) is 11.5 Å². The quantitative estimate of drug-likeness (QED) is 0.644. The number of ether oxygens (including phenoxy) is 1. The fourth-order valence-corrected chi connectivity index (χ4v) is 3.15. The zero-order chi connectivity index (χ0) is 18.4. The van der Waals surface area contributed by atoms with Gasteiger partial charge in [-0.15, -0.1) is 11.3 Å². The maximum Gasteiger partial charge on any atom is 0.251 e. The highest BCUT2D eigenvalue weighted by atomic mass is 32.1. The first-order valence-electron chi connectivity index (χ1n) is 8.11. The third-order valence-corrected chi connectivity index (χ3v) is 4.72. The predicted octanol–water partition coefficient (Wildman–Crippen LogP) is 4.71. The molecule has 0 fully saturated rings. The van der Waals surface area contributed by atoms with Gasteiger partial charge in [-0.25, -0.2) is 0 Å². The standard InChI is InChI=1S/C21H19NO3S/c1-25-19-11-4-16(5-12-19)6-13-21(24)22(15-20-3-2-14-26-20)17-7-9-18(23)10-8-17/h2-14,23H,15H2,1H3/b13-6+. The number of thiophene rings is 1. The smallest absolute Gasteiger partial charge is 0.251 e. The number of aromatic hydroxyl groups is 1. The summed E-state index contributed by atoms with van der Waals surface area (Å²) in [6.45, 7) is 0.480. The van der Waals surface area contributed by atoms with Crippen molar-refractivity contribution in [1.29, 1.82) is 0 Å². The summed E-state index contributed by atoms with van der Waals surface area (Å²) in [5, 5.41) is 11.5. The molecule has 3 rings (SSSR count). The van der Waals surface area contributed by atoms with E-state index in [0.717, 1.165) is 21.9 Å². The Bertz CT molecular complexity index is 869. The molecule has 0 aliphatic carbocycles. The van der Waals surface area contributed by atoms with Crippen LogP contribution in [0.1, 0.15) is 10.4 Å². The third kappa shape index (κ3) is 4.52. The highest BCUT2D eigenvalue weighted by Gasteiger charge is 2.14. The van der Waals surface area contributed by atoms with E-state index < -0.39 is 0 Å². The molecule has 26 heavy (non-hydrogen) atoms. The van der Waals surface area contributed by atoms with Crippen LogP contribution in [0.3, 0.4) is 0 Å². The van der Waals surface area contributed by atoms with Gasteiger partial charge in [0.25, 0.3) is 5.91 Å². The van der Waals surface area contributed by atoms with Crippen LogP contribution in [0.15, 0.2) is 72.1 Å². The van der Waals surface area contributed by atoms with Crippen LogP contribution in [0.4, 0.5) is 5.69 Å². The summed E-state index contributed by atoms with van der Waals surface area (Å²) in [5.41, 5.74) is 1.65. The fraction of sp³-hybridized carbons (Fsp3) is 0.0952. The Morgan fingerprint density at radius 3 is 2.46 bits per heavy atom. The molecule has 1 amide bonds. The molecule has 2 aromatic carbocycles. The molecule has 0 aliphatic rings. The lowest BCUT2D eigenvalue weighted by Crippen LogP contribution is -2.28. The molecule has 0 spiro atoms. The minimum absolute atomic E-state index is 0.125. The van der Waals surface area contributed by atoms with Crippen molar-refractivity contribution in [3.05, 3.63) is 82.6 Å². The Labute approximate surface area is 156 Å². The van der Waals surface area contributed by atoms with Crippen molar-refractivity contribution in [2.45, 2.75) is 6.54 Å². The van der Waals surface area contributed by atoms with Gasteiger partial charge in [-0.2, -0.15) is 0 Å². The number of anilines is 1. The largest absolute Gasteiger partial charge is 0.508 e. The normalized spacial score (nSPS) is 10.8. The zero-order valence-corrected chi connectivity index (χ0v) is 15.1. The Hall–Kier alpha value is -3.05. The van der Waals surface area contributed by atoms with Crippen molar-refractivity contribution >= 4 is 29.0 Å². The number of carbonyl (C=O) groups is 1.